The summed E-state index contributed by atoms with van der Waals surface area (Å²) in [4.78, 5) is 25.4. The minimum absolute atomic E-state index is 0.160. The molecule has 19 heavy (non-hydrogen) atoms. The zero-order chi connectivity index (χ0) is 14.2. The highest BCUT2D eigenvalue weighted by Gasteiger charge is 2.39. The van der Waals surface area contributed by atoms with E-state index < -0.39 is 5.54 Å². The molecular formula is C13H14BrClN2O2. The van der Waals surface area contributed by atoms with E-state index in [-0.39, 0.29) is 24.9 Å². The Bertz CT molecular complexity index is 545. The third kappa shape index (κ3) is 2.99. The maximum absolute atomic E-state index is 12.2. The lowest BCUT2D eigenvalue weighted by atomic mass is 10.00. The SMILES string of the molecule is CC1(C)NCC(=O)N(Cc2ccc(Br)cc2Cl)C1=O. The molecule has 0 aliphatic carbocycles. The monoisotopic (exact) mass is 344 g/mol. The number of amides is 2. The van der Waals surface area contributed by atoms with Crippen LogP contribution in [-0.2, 0) is 16.1 Å². The van der Waals surface area contributed by atoms with Crippen molar-refractivity contribution >= 4 is 39.3 Å². The summed E-state index contributed by atoms with van der Waals surface area (Å²) in [6.45, 7) is 3.89. The van der Waals surface area contributed by atoms with Crippen LogP contribution in [0, 0.1) is 0 Å². The van der Waals surface area contributed by atoms with E-state index in [2.05, 4.69) is 21.2 Å². The number of carbonyl (C=O) groups is 2. The molecule has 1 saturated heterocycles. The molecule has 0 spiro atoms. The second-order valence-corrected chi connectivity index (χ2v) is 6.32. The van der Waals surface area contributed by atoms with Gasteiger partial charge >= 0.3 is 0 Å². The van der Waals surface area contributed by atoms with Crippen molar-refractivity contribution in [2.24, 2.45) is 0 Å². The number of nitrogens with one attached hydrogen (secondary N) is 1. The second-order valence-electron chi connectivity index (χ2n) is 5.00. The average molecular weight is 346 g/mol. The van der Waals surface area contributed by atoms with Gasteiger partial charge in [-0.1, -0.05) is 33.6 Å². The molecule has 1 fully saturated rings. The fourth-order valence-electron chi connectivity index (χ4n) is 1.90. The molecular weight excluding hydrogens is 332 g/mol. The number of hydrogen-bond donors (Lipinski definition) is 1. The molecule has 1 aliphatic heterocycles. The Balaban J connectivity index is 2.25. The number of piperazine rings is 1. The van der Waals surface area contributed by atoms with E-state index in [1.54, 1.807) is 19.9 Å². The minimum atomic E-state index is -0.726. The van der Waals surface area contributed by atoms with Crippen LogP contribution < -0.4 is 5.32 Å². The van der Waals surface area contributed by atoms with Crippen molar-refractivity contribution in [3.63, 3.8) is 0 Å². The molecule has 1 N–H and O–H groups in total. The number of carbonyl (C=O) groups excluding carboxylic acids is 2. The van der Waals surface area contributed by atoms with Crippen LogP contribution in [0.15, 0.2) is 22.7 Å². The first-order chi connectivity index (χ1) is 8.81. The highest BCUT2D eigenvalue weighted by atomic mass is 79.9. The van der Waals surface area contributed by atoms with Gasteiger partial charge in [0, 0.05) is 9.50 Å². The summed E-state index contributed by atoms with van der Waals surface area (Å²) in [5, 5.41) is 3.45. The van der Waals surface area contributed by atoms with Gasteiger partial charge in [-0.25, -0.2) is 0 Å². The standard InChI is InChI=1S/C13H14BrClN2O2/c1-13(2)12(19)17(11(18)6-16-13)7-8-3-4-9(14)5-10(8)15/h3-5,16H,6-7H2,1-2H3. The third-order valence-corrected chi connectivity index (χ3v) is 3.95. The number of halogens is 2. The molecule has 1 aromatic rings. The summed E-state index contributed by atoms with van der Waals surface area (Å²) >= 11 is 9.44. The average Bonchev–Trinajstić information content (AvgIpc) is 2.33. The Morgan fingerprint density at radius 2 is 2.11 bits per heavy atom. The van der Waals surface area contributed by atoms with Crippen molar-refractivity contribution in [2.45, 2.75) is 25.9 Å². The van der Waals surface area contributed by atoms with Crippen molar-refractivity contribution in [3.8, 4) is 0 Å². The Hall–Kier alpha value is -0.910. The summed E-state index contributed by atoms with van der Waals surface area (Å²) in [5.74, 6) is -0.467. The first kappa shape index (κ1) is 14.5. The molecule has 0 bridgehead atoms. The largest absolute Gasteiger partial charge is 0.295 e. The van der Waals surface area contributed by atoms with E-state index in [0.29, 0.717) is 5.02 Å². The highest BCUT2D eigenvalue weighted by Crippen LogP contribution is 2.24. The predicted molar refractivity (Wildman–Crippen MR) is 76.8 cm³/mol. The first-order valence-electron chi connectivity index (χ1n) is 5.85. The molecule has 1 aliphatic rings. The quantitative estimate of drug-likeness (QED) is 0.837. The van der Waals surface area contributed by atoms with Crippen LogP contribution in [0.1, 0.15) is 19.4 Å². The smallest absolute Gasteiger partial charge is 0.249 e. The molecule has 2 rings (SSSR count). The molecule has 2 amide bonds. The number of imide groups is 1. The number of nitrogens with zero attached hydrogens (tertiary/aromatic N) is 1. The van der Waals surface area contributed by atoms with Crippen LogP contribution in [-0.4, -0.2) is 28.8 Å². The van der Waals surface area contributed by atoms with Crippen molar-refractivity contribution in [3.05, 3.63) is 33.3 Å². The summed E-state index contributed by atoms with van der Waals surface area (Å²) in [7, 11) is 0. The molecule has 0 atom stereocenters. The van der Waals surface area contributed by atoms with Crippen LogP contribution in [0.2, 0.25) is 5.02 Å². The van der Waals surface area contributed by atoms with Crippen LogP contribution in [0.25, 0.3) is 0 Å². The summed E-state index contributed by atoms with van der Waals surface area (Å²) in [5.41, 5.74) is 0.0275. The van der Waals surface area contributed by atoms with Gasteiger partial charge in [0.05, 0.1) is 18.6 Å². The molecule has 0 radical (unpaired) electrons. The maximum atomic E-state index is 12.2. The third-order valence-electron chi connectivity index (χ3n) is 3.11. The number of rotatable bonds is 2. The van der Waals surface area contributed by atoms with Crippen molar-refractivity contribution in [1.29, 1.82) is 0 Å². The minimum Gasteiger partial charge on any atom is -0.295 e. The van der Waals surface area contributed by atoms with Crippen LogP contribution >= 0.6 is 27.5 Å². The maximum Gasteiger partial charge on any atom is 0.249 e. The lowest BCUT2D eigenvalue weighted by Gasteiger charge is -2.36. The lowest BCUT2D eigenvalue weighted by molar-refractivity contribution is -0.153. The van der Waals surface area contributed by atoms with E-state index >= 15 is 0 Å². The molecule has 1 heterocycles. The number of hydrogen-bond acceptors (Lipinski definition) is 3. The van der Waals surface area contributed by atoms with E-state index in [9.17, 15) is 9.59 Å². The molecule has 0 unspecified atom stereocenters. The molecule has 1 aromatic carbocycles. The van der Waals surface area contributed by atoms with Crippen molar-refractivity contribution < 1.29 is 9.59 Å². The van der Waals surface area contributed by atoms with E-state index in [1.165, 1.54) is 4.90 Å². The molecule has 4 nitrogen and oxygen atoms in total. The van der Waals surface area contributed by atoms with Gasteiger partial charge in [0.25, 0.3) is 0 Å². The van der Waals surface area contributed by atoms with Gasteiger partial charge in [-0.05, 0) is 31.5 Å². The summed E-state index contributed by atoms with van der Waals surface area (Å²) < 4.78 is 0.861. The van der Waals surface area contributed by atoms with Gasteiger partial charge in [-0.3, -0.25) is 19.8 Å². The predicted octanol–water partition coefficient (Wildman–Crippen LogP) is 2.34. The van der Waals surface area contributed by atoms with Gasteiger partial charge in [-0.2, -0.15) is 0 Å². The molecule has 102 valence electrons. The van der Waals surface area contributed by atoms with Gasteiger partial charge < -0.3 is 0 Å². The van der Waals surface area contributed by atoms with E-state index in [4.69, 9.17) is 11.6 Å². The zero-order valence-electron chi connectivity index (χ0n) is 10.7. The van der Waals surface area contributed by atoms with Crippen LogP contribution in [0.5, 0.6) is 0 Å². The highest BCUT2D eigenvalue weighted by molar-refractivity contribution is 9.10. The zero-order valence-corrected chi connectivity index (χ0v) is 13.0. The van der Waals surface area contributed by atoms with Gasteiger partial charge in [0.2, 0.25) is 11.8 Å². The molecule has 0 saturated carbocycles. The fourth-order valence-corrected chi connectivity index (χ4v) is 2.63. The van der Waals surface area contributed by atoms with Crippen LogP contribution in [0.4, 0.5) is 0 Å². The number of benzene rings is 1. The first-order valence-corrected chi connectivity index (χ1v) is 7.02. The summed E-state index contributed by atoms with van der Waals surface area (Å²) in [6, 6.07) is 5.39. The van der Waals surface area contributed by atoms with E-state index in [1.807, 2.05) is 12.1 Å². The van der Waals surface area contributed by atoms with Gasteiger partial charge in [-0.15, -0.1) is 0 Å². The molecule has 6 heteroatoms. The fraction of sp³-hybridized carbons (Fsp3) is 0.385. The normalized spacial score (nSPS) is 18.8. The van der Waals surface area contributed by atoms with Gasteiger partial charge in [0.15, 0.2) is 0 Å². The Morgan fingerprint density at radius 1 is 1.42 bits per heavy atom. The van der Waals surface area contributed by atoms with E-state index in [0.717, 1.165) is 10.0 Å². The second kappa shape index (κ2) is 5.23. The van der Waals surface area contributed by atoms with Gasteiger partial charge in [0.1, 0.15) is 0 Å². The van der Waals surface area contributed by atoms with Crippen LogP contribution in [0.3, 0.4) is 0 Å². The Kier molecular flexibility index (Phi) is 3.99. The Labute approximate surface area is 125 Å². The lowest BCUT2D eigenvalue weighted by Crippen LogP contribution is -2.63. The van der Waals surface area contributed by atoms with Crippen molar-refractivity contribution in [2.75, 3.05) is 6.54 Å². The topological polar surface area (TPSA) is 49.4 Å². The summed E-state index contributed by atoms with van der Waals surface area (Å²) in [6.07, 6.45) is 0. The van der Waals surface area contributed by atoms with Crippen molar-refractivity contribution in [1.82, 2.24) is 10.2 Å². The molecule has 0 aromatic heterocycles. The Morgan fingerprint density at radius 3 is 2.74 bits per heavy atom.